The SMILES string of the molecule is CCN(Cc1ccccc1)c1ncc(CCl)cc1Cl. The van der Waals surface area contributed by atoms with Crippen LogP contribution in [0.15, 0.2) is 42.6 Å². The molecular weight excluding hydrogens is 279 g/mol. The van der Waals surface area contributed by atoms with E-state index in [4.69, 9.17) is 23.2 Å². The van der Waals surface area contributed by atoms with E-state index < -0.39 is 0 Å². The molecule has 0 bridgehead atoms. The van der Waals surface area contributed by atoms with Gasteiger partial charge in [0.2, 0.25) is 0 Å². The predicted molar refractivity (Wildman–Crippen MR) is 82.0 cm³/mol. The van der Waals surface area contributed by atoms with Gasteiger partial charge < -0.3 is 4.90 Å². The Morgan fingerprint density at radius 2 is 1.89 bits per heavy atom. The molecule has 0 aliphatic rings. The summed E-state index contributed by atoms with van der Waals surface area (Å²) in [6, 6.07) is 12.2. The number of alkyl halides is 1. The van der Waals surface area contributed by atoms with Crippen molar-refractivity contribution in [2.24, 2.45) is 0 Å². The van der Waals surface area contributed by atoms with Crippen LogP contribution < -0.4 is 4.90 Å². The number of pyridine rings is 1. The van der Waals surface area contributed by atoms with Gasteiger partial charge in [-0.25, -0.2) is 4.98 Å². The lowest BCUT2D eigenvalue weighted by molar-refractivity contribution is 0.813. The molecule has 2 nitrogen and oxygen atoms in total. The molecule has 1 aromatic carbocycles. The van der Waals surface area contributed by atoms with E-state index in [0.29, 0.717) is 10.9 Å². The fraction of sp³-hybridized carbons (Fsp3) is 0.267. The van der Waals surface area contributed by atoms with Crippen LogP contribution in [-0.2, 0) is 12.4 Å². The van der Waals surface area contributed by atoms with Gasteiger partial charge in [-0.1, -0.05) is 41.9 Å². The highest BCUT2D eigenvalue weighted by molar-refractivity contribution is 6.33. The van der Waals surface area contributed by atoms with Crippen molar-refractivity contribution < 1.29 is 0 Å². The minimum atomic E-state index is 0.428. The number of nitrogens with zero attached hydrogens (tertiary/aromatic N) is 2. The molecule has 0 atom stereocenters. The second kappa shape index (κ2) is 6.78. The van der Waals surface area contributed by atoms with Crippen LogP contribution in [-0.4, -0.2) is 11.5 Å². The Balaban J connectivity index is 2.22. The lowest BCUT2D eigenvalue weighted by Crippen LogP contribution is -2.23. The molecule has 0 saturated carbocycles. The first-order valence-corrected chi connectivity index (χ1v) is 7.15. The number of rotatable bonds is 5. The van der Waals surface area contributed by atoms with E-state index in [0.717, 1.165) is 24.5 Å². The molecule has 0 fully saturated rings. The molecule has 0 unspecified atom stereocenters. The predicted octanol–water partition coefficient (Wildman–Crippen LogP) is 4.50. The van der Waals surface area contributed by atoms with Gasteiger partial charge in [0.15, 0.2) is 0 Å². The molecule has 0 aliphatic carbocycles. The number of hydrogen-bond donors (Lipinski definition) is 0. The summed E-state index contributed by atoms with van der Waals surface area (Å²) in [5.74, 6) is 1.24. The Hall–Kier alpha value is -1.25. The normalized spacial score (nSPS) is 10.5. The molecule has 0 amide bonds. The van der Waals surface area contributed by atoms with Crippen molar-refractivity contribution in [2.75, 3.05) is 11.4 Å². The number of hydrogen-bond acceptors (Lipinski definition) is 2. The summed E-state index contributed by atoms with van der Waals surface area (Å²) in [4.78, 5) is 6.57. The van der Waals surface area contributed by atoms with Crippen LogP contribution in [0.1, 0.15) is 18.1 Å². The monoisotopic (exact) mass is 294 g/mol. The summed E-state index contributed by atoms with van der Waals surface area (Å²) >= 11 is 12.1. The van der Waals surface area contributed by atoms with E-state index in [1.54, 1.807) is 6.20 Å². The summed E-state index contributed by atoms with van der Waals surface area (Å²) < 4.78 is 0. The molecule has 0 aliphatic heterocycles. The first-order valence-electron chi connectivity index (χ1n) is 6.24. The van der Waals surface area contributed by atoms with Gasteiger partial charge >= 0.3 is 0 Å². The standard InChI is InChI=1S/C15H16Cl2N2/c1-2-19(11-12-6-4-3-5-7-12)15-14(17)8-13(9-16)10-18-15/h3-8,10H,2,9,11H2,1H3. The van der Waals surface area contributed by atoms with Gasteiger partial charge in [0, 0.05) is 25.2 Å². The minimum Gasteiger partial charge on any atom is -0.351 e. The van der Waals surface area contributed by atoms with Gasteiger partial charge in [-0.2, -0.15) is 0 Å². The Morgan fingerprint density at radius 3 is 2.47 bits per heavy atom. The molecule has 2 rings (SSSR count). The summed E-state index contributed by atoms with van der Waals surface area (Å²) in [5.41, 5.74) is 2.18. The van der Waals surface area contributed by atoms with Gasteiger partial charge in [-0.3, -0.25) is 0 Å². The quantitative estimate of drug-likeness (QED) is 0.755. The summed E-state index contributed by atoms with van der Waals surface area (Å²) in [7, 11) is 0. The van der Waals surface area contributed by atoms with Crippen LogP contribution in [0.4, 0.5) is 5.82 Å². The Kier molecular flexibility index (Phi) is 5.06. The largest absolute Gasteiger partial charge is 0.351 e. The highest BCUT2D eigenvalue weighted by atomic mass is 35.5. The minimum absolute atomic E-state index is 0.428. The van der Waals surface area contributed by atoms with Crippen LogP contribution in [0.2, 0.25) is 5.02 Å². The van der Waals surface area contributed by atoms with E-state index >= 15 is 0 Å². The molecule has 1 heterocycles. The number of halogens is 2. The van der Waals surface area contributed by atoms with Crippen LogP contribution in [0.5, 0.6) is 0 Å². The zero-order chi connectivity index (χ0) is 13.7. The average Bonchev–Trinajstić information content (AvgIpc) is 2.46. The number of aromatic nitrogens is 1. The van der Waals surface area contributed by atoms with Crippen LogP contribution in [0.25, 0.3) is 0 Å². The molecule has 19 heavy (non-hydrogen) atoms. The van der Waals surface area contributed by atoms with Crippen molar-refractivity contribution >= 4 is 29.0 Å². The van der Waals surface area contributed by atoms with Gasteiger partial charge in [0.25, 0.3) is 0 Å². The van der Waals surface area contributed by atoms with Crippen molar-refractivity contribution in [3.05, 3.63) is 58.7 Å². The third-order valence-corrected chi connectivity index (χ3v) is 3.52. The Morgan fingerprint density at radius 1 is 1.16 bits per heavy atom. The highest BCUT2D eigenvalue weighted by Gasteiger charge is 2.11. The van der Waals surface area contributed by atoms with Crippen LogP contribution >= 0.6 is 23.2 Å². The molecule has 0 saturated heterocycles. The topological polar surface area (TPSA) is 16.1 Å². The zero-order valence-corrected chi connectivity index (χ0v) is 12.3. The first kappa shape index (κ1) is 14.2. The van der Waals surface area contributed by atoms with Crippen molar-refractivity contribution in [1.82, 2.24) is 4.98 Å². The summed E-state index contributed by atoms with van der Waals surface area (Å²) in [6.45, 7) is 3.74. The van der Waals surface area contributed by atoms with Crippen LogP contribution in [0, 0.1) is 0 Å². The van der Waals surface area contributed by atoms with E-state index in [9.17, 15) is 0 Å². The van der Waals surface area contributed by atoms with Gasteiger partial charge in [0.05, 0.1) is 5.02 Å². The molecule has 0 radical (unpaired) electrons. The molecule has 4 heteroatoms. The Labute approximate surface area is 124 Å². The maximum Gasteiger partial charge on any atom is 0.147 e. The maximum absolute atomic E-state index is 6.29. The third-order valence-electron chi connectivity index (χ3n) is 2.93. The Bertz CT molecular complexity index is 529. The molecule has 0 spiro atoms. The molecule has 2 aromatic rings. The molecule has 1 aromatic heterocycles. The maximum atomic E-state index is 6.29. The zero-order valence-electron chi connectivity index (χ0n) is 10.8. The lowest BCUT2D eigenvalue weighted by atomic mass is 10.2. The highest BCUT2D eigenvalue weighted by Crippen LogP contribution is 2.25. The number of anilines is 1. The van der Waals surface area contributed by atoms with Crippen molar-refractivity contribution in [3.8, 4) is 0 Å². The van der Waals surface area contributed by atoms with E-state index in [2.05, 4.69) is 28.9 Å². The second-order valence-corrected chi connectivity index (χ2v) is 4.96. The van der Waals surface area contributed by atoms with E-state index in [1.165, 1.54) is 5.56 Å². The first-order chi connectivity index (χ1) is 9.24. The van der Waals surface area contributed by atoms with Gasteiger partial charge in [-0.15, -0.1) is 11.6 Å². The van der Waals surface area contributed by atoms with Gasteiger partial charge in [0.1, 0.15) is 5.82 Å². The lowest BCUT2D eigenvalue weighted by Gasteiger charge is -2.23. The van der Waals surface area contributed by atoms with E-state index in [1.807, 2.05) is 24.3 Å². The fourth-order valence-electron chi connectivity index (χ4n) is 1.92. The smallest absolute Gasteiger partial charge is 0.147 e. The van der Waals surface area contributed by atoms with Gasteiger partial charge in [-0.05, 0) is 24.1 Å². The van der Waals surface area contributed by atoms with E-state index in [-0.39, 0.29) is 0 Å². The average molecular weight is 295 g/mol. The second-order valence-electron chi connectivity index (χ2n) is 4.28. The third kappa shape index (κ3) is 3.62. The van der Waals surface area contributed by atoms with Crippen LogP contribution in [0.3, 0.4) is 0 Å². The summed E-state index contributed by atoms with van der Waals surface area (Å²) in [5, 5.41) is 0.649. The summed E-state index contributed by atoms with van der Waals surface area (Å²) in [6.07, 6.45) is 1.78. The van der Waals surface area contributed by atoms with Crippen molar-refractivity contribution in [3.63, 3.8) is 0 Å². The molecular formula is C15H16Cl2N2. The van der Waals surface area contributed by atoms with Crippen molar-refractivity contribution in [1.29, 1.82) is 0 Å². The number of benzene rings is 1. The van der Waals surface area contributed by atoms with Crippen molar-refractivity contribution in [2.45, 2.75) is 19.3 Å². The molecule has 0 N–H and O–H groups in total. The molecule has 100 valence electrons. The fourth-order valence-corrected chi connectivity index (χ4v) is 2.37.